The molecule has 0 aromatic rings. The number of aliphatic hydroxyl groups is 1. The average molecular weight is 1300 g/mol. The molecule has 2 heterocycles. The summed E-state index contributed by atoms with van der Waals surface area (Å²) in [7, 11) is -7.68. The van der Waals surface area contributed by atoms with E-state index in [2.05, 4.69) is 50.5 Å². The summed E-state index contributed by atoms with van der Waals surface area (Å²) in [5, 5.41) is 17.9. The summed E-state index contributed by atoms with van der Waals surface area (Å²) in [6.07, 6.45) is 28.3. The molecule has 0 aliphatic carbocycles. The van der Waals surface area contributed by atoms with Crippen molar-refractivity contribution in [1.29, 1.82) is 0 Å². The number of carbonyl (C=O) groups excluding carboxylic acids is 3. The molecular formula is C65H124N2O19P2. The second-order valence-corrected chi connectivity index (χ2v) is 26.9. The lowest BCUT2D eigenvalue weighted by Gasteiger charge is -2.47. The largest absolute Gasteiger partial charge is 0.472 e. The molecule has 0 spiro atoms. The second-order valence-electron chi connectivity index (χ2n) is 24.5. The number of ketones is 1. The number of nitrogens with one attached hydrogen (secondary N) is 2. The standard InChI is InChI=1S/C65H124N2O19P2/c1-7-11-15-19-22-25-26-27-28-29-30-31-33-37-41-45-56(69)66-59-63(81-48-46-53(79-6)44-40-35-18-14-10-4)61(85-87(72,73)74)55(50-78-5)84-64(59)82-51-54-60(71)62(80-47-42-38-34-24-21-17-13-9-3)58(65(83-54)86-88(75,76)77)67-57(70)49-52(68)43-39-36-32-23-20-16-12-8-2/h25-26,53-55,58-65,71H,7-24,27-51H2,1-6H3,(H,66,69)(H,67,70)(H2,72,73,74)(H2,75,76,77)/b26-25-/t53-,54?,55-,58-,59-,60-,61-,62-,63?,64-,65-/m1/s1. The van der Waals surface area contributed by atoms with Crippen molar-refractivity contribution in [2.75, 3.05) is 40.6 Å². The molecule has 2 rings (SSSR count). The van der Waals surface area contributed by atoms with Crippen LogP contribution < -0.4 is 10.6 Å². The average Bonchev–Trinajstić information content (AvgIpc) is 1.23. The smallest absolute Gasteiger partial charge is 0.388 e. The highest BCUT2D eigenvalue weighted by molar-refractivity contribution is 7.46. The van der Waals surface area contributed by atoms with Crippen molar-refractivity contribution in [1.82, 2.24) is 10.6 Å². The first-order valence-electron chi connectivity index (χ1n) is 34.5. The van der Waals surface area contributed by atoms with Gasteiger partial charge in [-0.15, -0.1) is 0 Å². The van der Waals surface area contributed by atoms with Crippen molar-refractivity contribution < 1.29 is 90.4 Å². The Morgan fingerprint density at radius 1 is 0.477 bits per heavy atom. The molecule has 2 saturated heterocycles. The fraction of sp³-hybridized carbons (Fsp3) is 0.923. The number of hydrogen-bond donors (Lipinski definition) is 7. The number of rotatable bonds is 58. The summed E-state index contributed by atoms with van der Waals surface area (Å²) in [5.74, 6) is -1.52. The van der Waals surface area contributed by atoms with E-state index in [1.807, 2.05) is 0 Å². The zero-order valence-electron chi connectivity index (χ0n) is 55.3. The van der Waals surface area contributed by atoms with Crippen molar-refractivity contribution >= 4 is 33.2 Å². The number of phosphoric acid groups is 2. The van der Waals surface area contributed by atoms with Gasteiger partial charge in [-0.2, -0.15) is 0 Å². The van der Waals surface area contributed by atoms with Crippen LogP contribution in [0.4, 0.5) is 0 Å². The van der Waals surface area contributed by atoms with E-state index >= 15 is 0 Å². The minimum absolute atomic E-state index is 0.00883. The van der Waals surface area contributed by atoms with Gasteiger partial charge in [-0.1, -0.05) is 213 Å². The van der Waals surface area contributed by atoms with E-state index in [1.165, 1.54) is 45.6 Å². The lowest BCUT2D eigenvalue weighted by atomic mass is 9.95. The van der Waals surface area contributed by atoms with E-state index in [0.29, 0.717) is 25.7 Å². The highest BCUT2D eigenvalue weighted by Crippen LogP contribution is 2.44. The molecule has 518 valence electrons. The Morgan fingerprint density at radius 2 is 0.932 bits per heavy atom. The van der Waals surface area contributed by atoms with E-state index in [9.17, 15) is 48.2 Å². The van der Waals surface area contributed by atoms with Gasteiger partial charge in [0.1, 0.15) is 54.5 Å². The van der Waals surface area contributed by atoms with E-state index in [1.54, 1.807) is 7.11 Å². The van der Waals surface area contributed by atoms with Crippen molar-refractivity contribution in [3.8, 4) is 0 Å². The molecule has 88 heavy (non-hydrogen) atoms. The summed E-state index contributed by atoms with van der Waals surface area (Å²) < 4.78 is 79.2. The molecule has 0 bridgehead atoms. The zero-order chi connectivity index (χ0) is 64.7. The van der Waals surface area contributed by atoms with Gasteiger partial charge < -0.3 is 68.5 Å². The van der Waals surface area contributed by atoms with Crippen LogP contribution in [0.1, 0.15) is 278 Å². The Hall–Kier alpha value is -1.75. The number of carbonyl (C=O) groups is 3. The topological polar surface area (TPSA) is 294 Å². The Morgan fingerprint density at radius 3 is 1.47 bits per heavy atom. The van der Waals surface area contributed by atoms with Gasteiger partial charge >= 0.3 is 15.6 Å². The third-order valence-electron chi connectivity index (χ3n) is 16.6. The third kappa shape index (κ3) is 39.7. The molecule has 0 saturated carbocycles. The lowest BCUT2D eigenvalue weighted by molar-refractivity contribution is -0.301. The number of amides is 2. The molecule has 11 atom stereocenters. The quantitative estimate of drug-likeness (QED) is 0.0129. The minimum atomic E-state index is -5.39. The van der Waals surface area contributed by atoms with Crippen LogP contribution in [0.3, 0.4) is 0 Å². The molecule has 2 aliphatic rings. The predicted octanol–water partition coefficient (Wildman–Crippen LogP) is 13.2. The maximum absolute atomic E-state index is 14.1. The number of phosphoric ester groups is 2. The molecule has 23 heteroatoms. The van der Waals surface area contributed by atoms with Gasteiger partial charge in [0.2, 0.25) is 11.8 Å². The van der Waals surface area contributed by atoms with Crippen LogP contribution in [0.2, 0.25) is 0 Å². The first-order chi connectivity index (χ1) is 42.4. The van der Waals surface area contributed by atoms with Gasteiger partial charge in [-0.25, -0.2) is 9.13 Å². The normalized spacial score (nSPS) is 23.0. The highest BCUT2D eigenvalue weighted by atomic mass is 31.2. The molecule has 21 nitrogen and oxygen atoms in total. The van der Waals surface area contributed by atoms with E-state index < -0.39 is 102 Å². The van der Waals surface area contributed by atoms with Crippen LogP contribution in [0.25, 0.3) is 0 Å². The number of Topliss-reactive ketones (excluding diaryl/α,β-unsaturated/α-hetero) is 1. The van der Waals surface area contributed by atoms with Crippen LogP contribution in [-0.2, 0) is 65.7 Å². The number of methoxy groups -OCH3 is 2. The lowest BCUT2D eigenvalue weighted by Crippen LogP contribution is -2.67. The third-order valence-corrected chi connectivity index (χ3v) is 17.6. The molecule has 0 radical (unpaired) electrons. The summed E-state index contributed by atoms with van der Waals surface area (Å²) in [5.41, 5.74) is 0. The molecule has 0 aromatic heterocycles. The SMILES string of the molecule is CCCCCC/C=C\CCCCCCCCCC(=O)N[C@@H]1C(OCC[C@@H](CCCCCCC)OC)[C@H](OP(=O)(O)O)[C@@H](COC)O[C@H]1OCC1O[C@H](OP(=O)(O)O)[C@H](NC(=O)CC(=O)CCCCCCCCCC)[C@@H](OCCCCCCCCCC)[C@@H]1O. The molecular weight excluding hydrogens is 1170 g/mol. The Balaban J connectivity index is 2.46. The van der Waals surface area contributed by atoms with E-state index in [-0.39, 0.29) is 44.5 Å². The van der Waals surface area contributed by atoms with Crippen LogP contribution in [0.5, 0.6) is 0 Å². The van der Waals surface area contributed by atoms with Gasteiger partial charge in [0.05, 0.1) is 25.7 Å². The number of allylic oxidation sites excluding steroid dienone is 2. The molecule has 2 aliphatic heterocycles. The van der Waals surface area contributed by atoms with Crippen molar-refractivity contribution in [2.24, 2.45) is 0 Å². The van der Waals surface area contributed by atoms with Crippen molar-refractivity contribution in [3.05, 3.63) is 12.2 Å². The van der Waals surface area contributed by atoms with Gasteiger partial charge in [0.15, 0.2) is 12.6 Å². The first kappa shape index (κ1) is 82.3. The summed E-state index contributed by atoms with van der Waals surface area (Å²) in [6.45, 7) is 7.89. The minimum Gasteiger partial charge on any atom is -0.388 e. The van der Waals surface area contributed by atoms with Crippen LogP contribution in [0.15, 0.2) is 12.2 Å². The van der Waals surface area contributed by atoms with Gasteiger partial charge in [0, 0.05) is 40.3 Å². The maximum atomic E-state index is 14.1. The van der Waals surface area contributed by atoms with E-state index in [0.717, 1.165) is 167 Å². The van der Waals surface area contributed by atoms with Gasteiger partial charge in [-0.05, 0) is 57.8 Å². The first-order valence-corrected chi connectivity index (χ1v) is 37.6. The Kier molecular flexibility index (Phi) is 48.3. The monoisotopic (exact) mass is 1300 g/mol. The highest BCUT2D eigenvalue weighted by Gasteiger charge is 2.53. The number of aliphatic hydroxyl groups excluding tert-OH is 1. The number of ether oxygens (including phenoxy) is 7. The van der Waals surface area contributed by atoms with Gasteiger partial charge in [0.25, 0.3) is 0 Å². The fourth-order valence-corrected chi connectivity index (χ4v) is 12.5. The predicted molar refractivity (Wildman–Crippen MR) is 342 cm³/mol. The van der Waals surface area contributed by atoms with Gasteiger partial charge in [-0.3, -0.25) is 23.4 Å². The Labute approximate surface area is 530 Å². The molecule has 2 fully saturated rings. The second kappa shape index (κ2) is 51.6. The fourth-order valence-electron chi connectivity index (χ4n) is 11.5. The van der Waals surface area contributed by atoms with Crippen molar-refractivity contribution in [2.45, 2.75) is 345 Å². The summed E-state index contributed by atoms with van der Waals surface area (Å²) in [6, 6.07) is -2.84. The summed E-state index contributed by atoms with van der Waals surface area (Å²) in [4.78, 5) is 82.1. The zero-order valence-corrected chi connectivity index (χ0v) is 57.0. The Bertz CT molecular complexity index is 1880. The van der Waals surface area contributed by atoms with Crippen LogP contribution >= 0.6 is 15.6 Å². The van der Waals surface area contributed by atoms with Crippen LogP contribution in [-0.4, -0.2) is 150 Å². The number of unbranched alkanes of at least 4 members (excludes halogenated alkanes) is 29. The molecule has 2 amide bonds. The number of hydrogen-bond acceptors (Lipinski definition) is 15. The van der Waals surface area contributed by atoms with Crippen molar-refractivity contribution in [3.63, 3.8) is 0 Å². The maximum Gasteiger partial charge on any atom is 0.472 e. The summed E-state index contributed by atoms with van der Waals surface area (Å²) >= 11 is 0. The van der Waals surface area contributed by atoms with Crippen LogP contribution in [0, 0.1) is 0 Å². The molecule has 2 unspecified atom stereocenters. The molecule has 0 aromatic carbocycles. The molecule has 7 N–H and O–H groups in total. The van der Waals surface area contributed by atoms with E-state index in [4.69, 9.17) is 42.2 Å².